The number of aryl methyl sites for hydroxylation is 2. The van der Waals surface area contributed by atoms with E-state index in [4.69, 9.17) is 5.73 Å². The Balaban J connectivity index is 2.03. The zero-order chi connectivity index (χ0) is 13.3. The molecule has 1 aliphatic rings. The van der Waals surface area contributed by atoms with Crippen molar-refractivity contribution in [1.82, 2.24) is 15.1 Å². The Labute approximate surface area is 107 Å². The minimum atomic E-state index is 0.0194. The van der Waals surface area contributed by atoms with Gasteiger partial charge >= 0.3 is 0 Å². The molecule has 0 radical (unpaired) electrons. The maximum atomic E-state index is 12.3. The number of rotatable bonds is 3. The van der Waals surface area contributed by atoms with Gasteiger partial charge in [-0.3, -0.25) is 4.79 Å². The van der Waals surface area contributed by atoms with Gasteiger partial charge in [0.25, 0.3) is 5.91 Å². The molecule has 18 heavy (non-hydrogen) atoms. The minimum Gasteiger partial charge on any atom is -0.341 e. The van der Waals surface area contributed by atoms with Crippen LogP contribution in [0.15, 0.2) is 6.07 Å². The van der Waals surface area contributed by atoms with Gasteiger partial charge in [-0.05, 0) is 38.7 Å². The van der Waals surface area contributed by atoms with Gasteiger partial charge in [0.05, 0.1) is 17.0 Å². The van der Waals surface area contributed by atoms with Crippen molar-refractivity contribution in [3.8, 4) is 0 Å². The molecule has 1 fully saturated rings. The second-order valence-electron chi connectivity index (χ2n) is 5.27. The Bertz CT molecular complexity index is 454. The highest BCUT2D eigenvalue weighted by Crippen LogP contribution is 2.26. The SMILES string of the molecule is Cc1cc(C(=O)N(C)CC2CC(N)C2)c(C)nn1. The molecule has 0 spiro atoms. The molecule has 1 heterocycles. The number of carbonyl (C=O) groups excluding carboxylic acids is 1. The van der Waals surface area contributed by atoms with Crippen LogP contribution in [0, 0.1) is 19.8 Å². The number of hydrogen-bond acceptors (Lipinski definition) is 4. The first-order chi connectivity index (χ1) is 8.47. The van der Waals surface area contributed by atoms with Crippen molar-refractivity contribution < 1.29 is 4.79 Å². The molecule has 5 nitrogen and oxygen atoms in total. The summed E-state index contributed by atoms with van der Waals surface area (Å²) < 4.78 is 0. The van der Waals surface area contributed by atoms with Gasteiger partial charge in [-0.2, -0.15) is 10.2 Å². The second kappa shape index (κ2) is 5.02. The quantitative estimate of drug-likeness (QED) is 0.862. The Morgan fingerprint density at radius 1 is 1.44 bits per heavy atom. The van der Waals surface area contributed by atoms with Crippen LogP contribution in [0.3, 0.4) is 0 Å². The summed E-state index contributed by atoms with van der Waals surface area (Å²) in [7, 11) is 1.83. The smallest absolute Gasteiger partial charge is 0.255 e. The lowest BCUT2D eigenvalue weighted by Crippen LogP contribution is -2.43. The van der Waals surface area contributed by atoms with Gasteiger partial charge in [0, 0.05) is 19.6 Å². The number of amides is 1. The third-order valence-corrected chi connectivity index (χ3v) is 3.48. The summed E-state index contributed by atoms with van der Waals surface area (Å²) in [6.45, 7) is 4.42. The van der Waals surface area contributed by atoms with E-state index >= 15 is 0 Å². The standard InChI is InChI=1S/C13H20N4O/c1-8-4-12(9(2)16-15-8)13(18)17(3)7-10-5-11(14)6-10/h4,10-11H,5-7,14H2,1-3H3. The summed E-state index contributed by atoms with van der Waals surface area (Å²) in [5, 5.41) is 7.93. The highest BCUT2D eigenvalue weighted by molar-refractivity contribution is 5.95. The molecule has 0 unspecified atom stereocenters. The minimum absolute atomic E-state index is 0.0194. The van der Waals surface area contributed by atoms with Crippen molar-refractivity contribution in [2.45, 2.75) is 32.7 Å². The fourth-order valence-electron chi connectivity index (χ4n) is 2.38. The first-order valence-corrected chi connectivity index (χ1v) is 6.29. The van der Waals surface area contributed by atoms with Gasteiger partial charge < -0.3 is 10.6 Å². The van der Waals surface area contributed by atoms with E-state index in [9.17, 15) is 4.79 Å². The predicted octanol–water partition coefficient (Wildman–Crippen LogP) is 0.903. The Morgan fingerprint density at radius 2 is 2.11 bits per heavy atom. The predicted molar refractivity (Wildman–Crippen MR) is 69.2 cm³/mol. The Hall–Kier alpha value is -1.49. The highest BCUT2D eigenvalue weighted by Gasteiger charge is 2.28. The van der Waals surface area contributed by atoms with E-state index in [1.165, 1.54) is 0 Å². The fourth-order valence-corrected chi connectivity index (χ4v) is 2.38. The molecule has 1 aromatic heterocycles. The molecular weight excluding hydrogens is 228 g/mol. The zero-order valence-corrected chi connectivity index (χ0v) is 11.2. The van der Waals surface area contributed by atoms with E-state index < -0.39 is 0 Å². The molecule has 0 aromatic carbocycles. The first kappa shape index (κ1) is 13.0. The summed E-state index contributed by atoms with van der Waals surface area (Å²) in [6, 6.07) is 2.12. The van der Waals surface area contributed by atoms with Crippen LogP contribution in [-0.4, -0.2) is 40.6 Å². The normalized spacial score (nSPS) is 22.4. The average Bonchev–Trinajstić information content (AvgIpc) is 2.29. The summed E-state index contributed by atoms with van der Waals surface area (Å²) in [5.41, 5.74) is 7.85. The lowest BCUT2D eigenvalue weighted by molar-refractivity contribution is 0.0732. The van der Waals surface area contributed by atoms with E-state index in [0.717, 1.165) is 25.1 Å². The van der Waals surface area contributed by atoms with Gasteiger partial charge in [-0.15, -0.1) is 0 Å². The number of hydrogen-bond donors (Lipinski definition) is 1. The third kappa shape index (κ3) is 2.67. The van der Waals surface area contributed by atoms with Crippen LogP contribution in [0.4, 0.5) is 0 Å². The van der Waals surface area contributed by atoms with Crippen LogP contribution >= 0.6 is 0 Å². The molecule has 1 aromatic rings. The molecule has 1 aliphatic carbocycles. The van der Waals surface area contributed by atoms with Crippen LogP contribution in [0.2, 0.25) is 0 Å². The largest absolute Gasteiger partial charge is 0.341 e. The average molecular weight is 248 g/mol. The van der Waals surface area contributed by atoms with Crippen molar-refractivity contribution >= 4 is 5.91 Å². The molecule has 0 atom stereocenters. The van der Waals surface area contributed by atoms with Crippen molar-refractivity contribution in [2.75, 3.05) is 13.6 Å². The van der Waals surface area contributed by atoms with Crippen molar-refractivity contribution in [1.29, 1.82) is 0 Å². The molecule has 0 bridgehead atoms. The van der Waals surface area contributed by atoms with E-state index in [1.807, 2.05) is 20.9 Å². The molecular formula is C13H20N4O. The van der Waals surface area contributed by atoms with Crippen LogP contribution < -0.4 is 5.73 Å². The highest BCUT2D eigenvalue weighted by atomic mass is 16.2. The monoisotopic (exact) mass is 248 g/mol. The molecule has 5 heteroatoms. The Morgan fingerprint density at radius 3 is 2.72 bits per heavy atom. The molecule has 1 saturated carbocycles. The summed E-state index contributed by atoms with van der Waals surface area (Å²) in [4.78, 5) is 14.1. The van der Waals surface area contributed by atoms with Crippen LogP contribution in [-0.2, 0) is 0 Å². The maximum absolute atomic E-state index is 12.3. The fraction of sp³-hybridized carbons (Fsp3) is 0.615. The molecule has 1 amide bonds. The zero-order valence-electron chi connectivity index (χ0n) is 11.2. The number of nitrogens with zero attached hydrogens (tertiary/aromatic N) is 3. The van der Waals surface area contributed by atoms with Crippen LogP contribution in [0.1, 0.15) is 34.6 Å². The summed E-state index contributed by atoms with van der Waals surface area (Å²) in [5.74, 6) is 0.566. The van der Waals surface area contributed by atoms with Crippen molar-refractivity contribution in [3.63, 3.8) is 0 Å². The molecule has 0 saturated heterocycles. The van der Waals surface area contributed by atoms with Gasteiger partial charge in [-0.1, -0.05) is 0 Å². The van der Waals surface area contributed by atoms with E-state index in [1.54, 1.807) is 11.0 Å². The number of aromatic nitrogens is 2. The number of carbonyl (C=O) groups is 1. The topological polar surface area (TPSA) is 72.1 Å². The van der Waals surface area contributed by atoms with Gasteiger partial charge in [-0.25, -0.2) is 0 Å². The lowest BCUT2D eigenvalue weighted by atomic mass is 9.80. The first-order valence-electron chi connectivity index (χ1n) is 6.29. The van der Waals surface area contributed by atoms with Crippen LogP contribution in [0.5, 0.6) is 0 Å². The van der Waals surface area contributed by atoms with Gasteiger partial charge in [0.15, 0.2) is 0 Å². The van der Waals surface area contributed by atoms with Crippen LogP contribution in [0.25, 0.3) is 0 Å². The van der Waals surface area contributed by atoms with Gasteiger partial charge in [0.1, 0.15) is 0 Å². The third-order valence-electron chi connectivity index (χ3n) is 3.48. The van der Waals surface area contributed by atoms with E-state index in [0.29, 0.717) is 23.2 Å². The van der Waals surface area contributed by atoms with Crippen molar-refractivity contribution in [2.24, 2.45) is 11.7 Å². The summed E-state index contributed by atoms with van der Waals surface area (Å²) >= 11 is 0. The second-order valence-corrected chi connectivity index (χ2v) is 5.27. The molecule has 2 rings (SSSR count). The molecule has 98 valence electrons. The van der Waals surface area contributed by atoms with Gasteiger partial charge in [0.2, 0.25) is 0 Å². The van der Waals surface area contributed by atoms with E-state index in [2.05, 4.69) is 10.2 Å². The molecule has 2 N–H and O–H groups in total. The lowest BCUT2D eigenvalue weighted by Gasteiger charge is -2.35. The summed E-state index contributed by atoms with van der Waals surface area (Å²) in [6.07, 6.45) is 2.04. The molecule has 0 aliphatic heterocycles. The van der Waals surface area contributed by atoms with Crippen molar-refractivity contribution in [3.05, 3.63) is 23.0 Å². The number of nitrogens with two attached hydrogens (primary N) is 1. The van der Waals surface area contributed by atoms with E-state index in [-0.39, 0.29) is 5.91 Å². The Kier molecular flexibility index (Phi) is 3.61. The maximum Gasteiger partial charge on any atom is 0.255 e.